The number of hydrogen-bond donors (Lipinski definition) is 2. The Morgan fingerprint density at radius 2 is 1.91 bits per heavy atom. The summed E-state index contributed by atoms with van der Waals surface area (Å²) in [5.74, 6) is 2.41. The first kappa shape index (κ1) is 17.1. The van der Waals surface area contributed by atoms with Gasteiger partial charge in [0.2, 0.25) is 5.91 Å². The van der Waals surface area contributed by atoms with Crippen LogP contribution in [0.3, 0.4) is 0 Å². The fourth-order valence-electron chi connectivity index (χ4n) is 1.91. The monoisotopic (exact) mass is 332 g/mol. The molecule has 23 heavy (non-hydrogen) atoms. The molecule has 0 unspecified atom stereocenters. The maximum atomic E-state index is 12.0. The standard InChI is InChI=1S/C17H20N2O3S/c1-13(20)19-11-14-4-6-15(7-5-14)17(21)18-8-10-23-12-16-3-2-9-22-16/h2-7,9H,8,10-12H2,1H3,(H,18,21)(H,19,20). The first-order valence-electron chi connectivity index (χ1n) is 7.37. The summed E-state index contributed by atoms with van der Waals surface area (Å²) in [5.41, 5.74) is 1.58. The average Bonchev–Trinajstić information content (AvgIpc) is 3.06. The van der Waals surface area contributed by atoms with Crippen LogP contribution >= 0.6 is 11.8 Å². The fourth-order valence-corrected chi connectivity index (χ4v) is 2.66. The molecule has 2 rings (SSSR count). The Hall–Kier alpha value is -2.21. The van der Waals surface area contributed by atoms with E-state index < -0.39 is 0 Å². The Balaban J connectivity index is 1.67. The summed E-state index contributed by atoms with van der Waals surface area (Å²) in [6.45, 7) is 2.56. The third kappa shape index (κ3) is 6.20. The SMILES string of the molecule is CC(=O)NCc1ccc(C(=O)NCCSCc2ccco2)cc1. The van der Waals surface area contributed by atoms with Gasteiger partial charge in [-0.15, -0.1) is 0 Å². The quantitative estimate of drug-likeness (QED) is 0.729. The van der Waals surface area contributed by atoms with E-state index in [-0.39, 0.29) is 11.8 Å². The Labute approximate surface area is 139 Å². The number of hydrogen-bond acceptors (Lipinski definition) is 4. The summed E-state index contributed by atoms with van der Waals surface area (Å²) >= 11 is 1.71. The molecule has 0 saturated heterocycles. The van der Waals surface area contributed by atoms with Crippen molar-refractivity contribution < 1.29 is 14.0 Å². The Bertz CT molecular complexity index is 624. The molecule has 0 bridgehead atoms. The molecule has 6 heteroatoms. The highest BCUT2D eigenvalue weighted by Gasteiger charge is 2.05. The highest BCUT2D eigenvalue weighted by atomic mass is 32.2. The van der Waals surface area contributed by atoms with Crippen molar-refractivity contribution in [3.63, 3.8) is 0 Å². The maximum absolute atomic E-state index is 12.0. The molecule has 0 aliphatic rings. The van der Waals surface area contributed by atoms with Gasteiger partial charge in [-0.25, -0.2) is 0 Å². The summed E-state index contributed by atoms with van der Waals surface area (Å²) in [6, 6.07) is 11.0. The van der Waals surface area contributed by atoms with E-state index in [0.717, 1.165) is 22.8 Å². The van der Waals surface area contributed by atoms with Crippen LogP contribution in [0.5, 0.6) is 0 Å². The minimum absolute atomic E-state index is 0.0705. The van der Waals surface area contributed by atoms with Gasteiger partial charge in [-0.05, 0) is 29.8 Å². The van der Waals surface area contributed by atoms with Crippen molar-refractivity contribution in [3.05, 3.63) is 59.5 Å². The highest BCUT2D eigenvalue weighted by Crippen LogP contribution is 2.11. The Kier molecular flexibility index (Phi) is 6.75. The summed E-state index contributed by atoms with van der Waals surface area (Å²) in [6.07, 6.45) is 1.66. The van der Waals surface area contributed by atoms with Gasteiger partial charge >= 0.3 is 0 Å². The third-order valence-electron chi connectivity index (χ3n) is 3.11. The number of amides is 2. The van der Waals surface area contributed by atoms with Crippen LogP contribution in [0, 0.1) is 0 Å². The van der Waals surface area contributed by atoms with Crippen LogP contribution < -0.4 is 10.6 Å². The normalized spacial score (nSPS) is 10.3. The third-order valence-corrected chi connectivity index (χ3v) is 4.10. The second-order valence-electron chi connectivity index (χ2n) is 4.99. The Morgan fingerprint density at radius 3 is 2.57 bits per heavy atom. The molecular formula is C17H20N2O3S. The van der Waals surface area contributed by atoms with E-state index in [1.54, 1.807) is 30.2 Å². The summed E-state index contributed by atoms with van der Waals surface area (Å²) in [7, 11) is 0. The average molecular weight is 332 g/mol. The van der Waals surface area contributed by atoms with Gasteiger partial charge in [0.15, 0.2) is 0 Å². The van der Waals surface area contributed by atoms with Crippen LogP contribution in [-0.4, -0.2) is 24.1 Å². The lowest BCUT2D eigenvalue weighted by Gasteiger charge is -2.06. The maximum Gasteiger partial charge on any atom is 0.251 e. The van der Waals surface area contributed by atoms with Gasteiger partial charge < -0.3 is 15.1 Å². The number of benzene rings is 1. The van der Waals surface area contributed by atoms with E-state index in [9.17, 15) is 9.59 Å². The molecule has 0 fully saturated rings. The van der Waals surface area contributed by atoms with Crippen LogP contribution in [0.25, 0.3) is 0 Å². The molecule has 2 N–H and O–H groups in total. The van der Waals surface area contributed by atoms with Crippen molar-refractivity contribution in [3.8, 4) is 0 Å². The number of furan rings is 1. The molecular weight excluding hydrogens is 312 g/mol. The van der Waals surface area contributed by atoms with Crippen LogP contribution in [-0.2, 0) is 17.1 Å². The van der Waals surface area contributed by atoms with Crippen molar-refractivity contribution in [1.82, 2.24) is 10.6 Å². The molecule has 0 atom stereocenters. The zero-order chi connectivity index (χ0) is 16.5. The molecule has 1 aromatic heterocycles. The van der Waals surface area contributed by atoms with Gasteiger partial charge in [-0.3, -0.25) is 9.59 Å². The first-order valence-corrected chi connectivity index (χ1v) is 8.52. The summed E-state index contributed by atoms with van der Waals surface area (Å²) in [4.78, 5) is 22.9. The van der Waals surface area contributed by atoms with E-state index in [1.807, 2.05) is 24.3 Å². The van der Waals surface area contributed by atoms with Crippen molar-refractivity contribution >= 4 is 23.6 Å². The smallest absolute Gasteiger partial charge is 0.251 e. The van der Waals surface area contributed by atoms with Crippen LogP contribution in [0.4, 0.5) is 0 Å². The summed E-state index contributed by atoms with van der Waals surface area (Å²) < 4.78 is 5.24. The minimum atomic E-state index is -0.0883. The number of nitrogens with one attached hydrogen (secondary N) is 2. The van der Waals surface area contributed by atoms with Gasteiger partial charge in [-0.1, -0.05) is 12.1 Å². The molecule has 1 aromatic carbocycles. The topological polar surface area (TPSA) is 71.3 Å². The van der Waals surface area contributed by atoms with E-state index in [0.29, 0.717) is 18.7 Å². The minimum Gasteiger partial charge on any atom is -0.468 e. The summed E-state index contributed by atoms with van der Waals surface area (Å²) in [5, 5.41) is 5.61. The predicted octanol–water partition coefficient (Wildman–Crippen LogP) is 2.58. The van der Waals surface area contributed by atoms with E-state index in [4.69, 9.17) is 4.42 Å². The lowest BCUT2D eigenvalue weighted by Crippen LogP contribution is -2.25. The van der Waals surface area contributed by atoms with Crippen molar-refractivity contribution in [2.45, 2.75) is 19.2 Å². The molecule has 0 aliphatic carbocycles. The molecule has 0 spiro atoms. The second-order valence-corrected chi connectivity index (χ2v) is 6.10. The fraction of sp³-hybridized carbons (Fsp3) is 0.294. The molecule has 0 saturated carbocycles. The highest BCUT2D eigenvalue weighted by molar-refractivity contribution is 7.98. The van der Waals surface area contributed by atoms with Gasteiger partial charge in [0.1, 0.15) is 5.76 Å². The van der Waals surface area contributed by atoms with Gasteiger partial charge in [0.25, 0.3) is 5.91 Å². The molecule has 0 aliphatic heterocycles. The lowest BCUT2D eigenvalue weighted by atomic mass is 10.1. The van der Waals surface area contributed by atoms with Crippen LogP contribution in [0.2, 0.25) is 0 Å². The molecule has 5 nitrogen and oxygen atoms in total. The lowest BCUT2D eigenvalue weighted by molar-refractivity contribution is -0.119. The molecule has 1 heterocycles. The molecule has 0 radical (unpaired) electrons. The zero-order valence-electron chi connectivity index (χ0n) is 13.0. The van der Waals surface area contributed by atoms with Crippen molar-refractivity contribution in [2.75, 3.05) is 12.3 Å². The van der Waals surface area contributed by atoms with E-state index >= 15 is 0 Å². The largest absolute Gasteiger partial charge is 0.468 e. The first-order chi connectivity index (χ1) is 11.1. The number of carbonyl (C=O) groups is 2. The van der Waals surface area contributed by atoms with Crippen LogP contribution in [0.1, 0.15) is 28.6 Å². The van der Waals surface area contributed by atoms with Crippen LogP contribution in [0.15, 0.2) is 47.1 Å². The molecule has 2 amide bonds. The van der Waals surface area contributed by atoms with Gasteiger partial charge in [0.05, 0.1) is 12.0 Å². The Morgan fingerprint density at radius 1 is 1.13 bits per heavy atom. The van der Waals surface area contributed by atoms with Crippen molar-refractivity contribution in [1.29, 1.82) is 0 Å². The zero-order valence-corrected chi connectivity index (χ0v) is 13.8. The van der Waals surface area contributed by atoms with Gasteiger partial charge in [-0.2, -0.15) is 11.8 Å². The second kappa shape index (κ2) is 9.05. The molecule has 2 aromatic rings. The molecule has 122 valence electrons. The van der Waals surface area contributed by atoms with E-state index in [1.165, 1.54) is 6.92 Å². The number of thioether (sulfide) groups is 1. The number of carbonyl (C=O) groups excluding carboxylic acids is 2. The van der Waals surface area contributed by atoms with E-state index in [2.05, 4.69) is 10.6 Å². The van der Waals surface area contributed by atoms with Crippen molar-refractivity contribution in [2.24, 2.45) is 0 Å². The number of rotatable bonds is 8. The van der Waals surface area contributed by atoms with Gasteiger partial charge in [0, 0.05) is 31.3 Å². The predicted molar refractivity (Wildman–Crippen MR) is 91.2 cm³/mol.